The molecule has 5 heteroatoms. The van der Waals surface area contributed by atoms with Crippen molar-refractivity contribution in [3.05, 3.63) is 48.2 Å². The maximum absolute atomic E-state index is 12.2. The van der Waals surface area contributed by atoms with Crippen LogP contribution in [0, 0.1) is 0 Å². The first-order valence-corrected chi connectivity index (χ1v) is 8.24. The first-order valence-electron chi connectivity index (χ1n) is 8.24. The fraction of sp³-hybridized carbons (Fsp3) is 0.389. The van der Waals surface area contributed by atoms with Gasteiger partial charge in [-0.05, 0) is 49.9 Å². The zero-order chi connectivity index (χ0) is 16.1. The molecule has 23 heavy (non-hydrogen) atoms. The van der Waals surface area contributed by atoms with E-state index in [1.165, 1.54) is 19.3 Å². The van der Waals surface area contributed by atoms with Crippen molar-refractivity contribution in [1.29, 1.82) is 0 Å². The summed E-state index contributed by atoms with van der Waals surface area (Å²) in [6, 6.07) is 13.5. The Balaban J connectivity index is 1.70. The first-order chi connectivity index (χ1) is 11.3. The quantitative estimate of drug-likeness (QED) is 0.939. The lowest BCUT2D eigenvalue weighted by Gasteiger charge is -2.35. The number of hydrogen-bond donors (Lipinski definition) is 1. The topological polar surface area (TPSA) is 58.1 Å². The second kappa shape index (κ2) is 7.22. The molecule has 1 aliphatic heterocycles. The van der Waals surface area contributed by atoms with Crippen LogP contribution in [0.3, 0.4) is 0 Å². The summed E-state index contributed by atoms with van der Waals surface area (Å²) in [6.07, 6.45) is 4.78. The third-order valence-electron chi connectivity index (χ3n) is 4.31. The summed E-state index contributed by atoms with van der Waals surface area (Å²) in [5, 5.41) is 11.2. The minimum Gasteiger partial charge on any atom is -0.352 e. The lowest BCUT2D eigenvalue weighted by Crippen LogP contribution is -2.39. The number of amides is 1. The zero-order valence-corrected chi connectivity index (χ0v) is 13.4. The monoisotopic (exact) mass is 310 g/mol. The van der Waals surface area contributed by atoms with Crippen LogP contribution >= 0.6 is 0 Å². The number of piperidine rings is 1. The highest BCUT2D eigenvalue weighted by molar-refractivity contribution is 6.02. The Morgan fingerprint density at radius 3 is 2.70 bits per heavy atom. The van der Waals surface area contributed by atoms with E-state index >= 15 is 0 Å². The number of aromatic nitrogens is 2. The Morgan fingerprint density at radius 2 is 2.00 bits per heavy atom. The van der Waals surface area contributed by atoms with E-state index in [1.807, 2.05) is 36.4 Å². The second-order valence-electron chi connectivity index (χ2n) is 5.85. The van der Waals surface area contributed by atoms with E-state index in [0.717, 1.165) is 24.5 Å². The molecule has 0 aliphatic carbocycles. The number of rotatable bonds is 4. The van der Waals surface area contributed by atoms with Gasteiger partial charge in [0.25, 0.3) is 5.91 Å². The summed E-state index contributed by atoms with van der Waals surface area (Å²) < 4.78 is 0. The molecule has 1 fully saturated rings. The molecule has 1 atom stereocenters. The van der Waals surface area contributed by atoms with Crippen molar-refractivity contribution in [2.24, 2.45) is 0 Å². The normalized spacial score (nSPS) is 17.8. The van der Waals surface area contributed by atoms with Crippen LogP contribution in [0.5, 0.6) is 0 Å². The van der Waals surface area contributed by atoms with Crippen LogP contribution in [0.1, 0.15) is 43.1 Å². The first kappa shape index (κ1) is 15.5. The molecule has 1 saturated heterocycles. The molecule has 1 amide bonds. The van der Waals surface area contributed by atoms with Gasteiger partial charge in [-0.3, -0.25) is 4.79 Å². The molecule has 2 aromatic rings. The summed E-state index contributed by atoms with van der Waals surface area (Å²) in [7, 11) is 0. The van der Waals surface area contributed by atoms with Gasteiger partial charge in [0, 0.05) is 18.3 Å². The van der Waals surface area contributed by atoms with Crippen LogP contribution in [0.4, 0.5) is 11.5 Å². The van der Waals surface area contributed by atoms with Crippen LogP contribution < -0.4 is 10.2 Å². The van der Waals surface area contributed by atoms with Crippen LogP contribution in [0.15, 0.2) is 42.5 Å². The van der Waals surface area contributed by atoms with Gasteiger partial charge in [0.05, 0.1) is 0 Å². The number of nitrogens with one attached hydrogen (secondary N) is 1. The Labute approximate surface area is 136 Å². The molecule has 120 valence electrons. The molecule has 0 radical (unpaired) electrons. The Hall–Kier alpha value is -2.43. The van der Waals surface area contributed by atoms with Crippen molar-refractivity contribution in [3.8, 4) is 0 Å². The number of carbonyl (C=O) groups is 1. The third kappa shape index (κ3) is 3.67. The van der Waals surface area contributed by atoms with Crippen LogP contribution in [0.2, 0.25) is 0 Å². The highest BCUT2D eigenvalue weighted by Gasteiger charge is 2.22. The van der Waals surface area contributed by atoms with Gasteiger partial charge in [0.15, 0.2) is 11.5 Å². The summed E-state index contributed by atoms with van der Waals surface area (Å²) in [5.41, 5.74) is 1.09. The number of carbonyl (C=O) groups excluding carboxylic acids is 1. The number of benzene rings is 1. The average molecular weight is 310 g/mol. The molecular formula is C18H22N4O. The molecule has 1 aliphatic rings. The highest BCUT2D eigenvalue weighted by atomic mass is 16.1. The fourth-order valence-corrected chi connectivity index (χ4v) is 3.04. The summed E-state index contributed by atoms with van der Waals surface area (Å²) in [4.78, 5) is 14.5. The van der Waals surface area contributed by atoms with Crippen LogP contribution in [-0.2, 0) is 0 Å². The lowest BCUT2D eigenvalue weighted by molar-refractivity contribution is 0.102. The van der Waals surface area contributed by atoms with Gasteiger partial charge in [0.1, 0.15) is 0 Å². The van der Waals surface area contributed by atoms with E-state index in [-0.39, 0.29) is 5.91 Å². The van der Waals surface area contributed by atoms with Crippen molar-refractivity contribution in [2.75, 3.05) is 16.8 Å². The molecule has 0 bridgehead atoms. The predicted octanol–water partition coefficient (Wildman–Crippen LogP) is 3.50. The van der Waals surface area contributed by atoms with E-state index in [1.54, 1.807) is 6.07 Å². The fourth-order valence-electron chi connectivity index (χ4n) is 3.04. The second-order valence-corrected chi connectivity index (χ2v) is 5.85. The van der Waals surface area contributed by atoms with Crippen molar-refractivity contribution in [2.45, 2.75) is 38.6 Å². The molecule has 0 spiro atoms. The van der Waals surface area contributed by atoms with Crippen molar-refractivity contribution in [3.63, 3.8) is 0 Å². The largest absolute Gasteiger partial charge is 0.352 e. The van der Waals surface area contributed by atoms with Crippen LogP contribution in [0.25, 0.3) is 0 Å². The average Bonchev–Trinajstić information content (AvgIpc) is 2.62. The molecule has 2 heterocycles. The Morgan fingerprint density at radius 1 is 1.17 bits per heavy atom. The number of nitrogens with zero attached hydrogens (tertiary/aromatic N) is 3. The molecular weight excluding hydrogens is 288 g/mol. The number of anilines is 2. The molecule has 1 unspecified atom stereocenters. The van der Waals surface area contributed by atoms with Gasteiger partial charge >= 0.3 is 0 Å². The minimum absolute atomic E-state index is 0.235. The molecule has 5 nitrogen and oxygen atoms in total. The molecule has 0 saturated carbocycles. The van der Waals surface area contributed by atoms with Gasteiger partial charge in [-0.1, -0.05) is 25.1 Å². The minimum atomic E-state index is -0.235. The third-order valence-corrected chi connectivity index (χ3v) is 4.31. The van der Waals surface area contributed by atoms with E-state index in [2.05, 4.69) is 27.3 Å². The predicted molar refractivity (Wildman–Crippen MR) is 91.7 cm³/mol. The maximum atomic E-state index is 12.2. The van der Waals surface area contributed by atoms with Crippen LogP contribution in [-0.4, -0.2) is 28.7 Å². The lowest BCUT2D eigenvalue weighted by atomic mass is 10.0. The van der Waals surface area contributed by atoms with E-state index in [9.17, 15) is 4.79 Å². The highest BCUT2D eigenvalue weighted by Crippen LogP contribution is 2.24. The SMILES string of the molecule is CCC1CCCCN1c1ccc(C(=O)Nc2ccccc2)nn1. The van der Waals surface area contributed by atoms with Gasteiger partial charge < -0.3 is 10.2 Å². The standard InChI is InChI=1S/C18H22N4O/c1-2-15-10-6-7-13-22(15)17-12-11-16(20-21-17)18(23)19-14-8-4-3-5-9-14/h3-5,8-9,11-12,15H,2,6-7,10,13H2,1H3,(H,19,23). The van der Waals surface area contributed by atoms with Crippen molar-refractivity contribution < 1.29 is 4.79 Å². The number of para-hydroxylation sites is 1. The van der Waals surface area contributed by atoms with Crippen molar-refractivity contribution in [1.82, 2.24) is 10.2 Å². The van der Waals surface area contributed by atoms with E-state index < -0.39 is 0 Å². The van der Waals surface area contributed by atoms with E-state index in [0.29, 0.717) is 11.7 Å². The Kier molecular flexibility index (Phi) is 4.86. The van der Waals surface area contributed by atoms with Gasteiger partial charge in [0.2, 0.25) is 0 Å². The molecule has 1 aromatic carbocycles. The maximum Gasteiger partial charge on any atom is 0.276 e. The molecule has 1 N–H and O–H groups in total. The van der Waals surface area contributed by atoms with Gasteiger partial charge in [-0.15, -0.1) is 10.2 Å². The van der Waals surface area contributed by atoms with Gasteiger partial charge in [-0.25, -0.2) is 0 Å². The van der Waals surface area contributed by atoms with Gasteiger partial charge in [-0.2, -0.15) is 0 Å². The summed E-state index contributed by atoms with van der Waals surface area (Å²) in [5.74, 6) is 0.633. The number of hydrogen-bond acceptors (Lipinski definition) is 4. The summed E-state index contributed by atoms with van der Waals surface area (Å²) in [6.45, 7) is 3.22. The van der Waals surface area contributed by atoms with E-state index in [4.69, 9.17) is 0 Å². The zero-order valence-electron chi connectivity index (χ0n) is 13.4. The molecule has 3 rings (SSSR count). The smallest absolute Gasteiger partial charge is 0.276 e. The molecule has 1 aromatic heterocycles. The Bertz CT molecular complexity index is 642. The summed E-state index contributed by atoms with van der Waals surface area (Å²) >= 11 is 0. The van der Waals surface area contributed by atoms with Crippen molar-refractivity contribution >= 4 is 17.4 Å².